The Hall–Kier alpha value is -2.25. The maximum absolute atomic E-state index is 12.8. The van der Waals surface area contributed by atoms with Crippen LogP contribution in [0.4, 0.5) is 19.1 Å². The SMILES string of the molecule is CCCNc1nc(-c2cnccn2)cc(C(F)(F)F)n1. The molecule has 0 bridgehead atoms. The fourth-order valence-corrected chi connectivity index (χ4v) is 1.47. The second-order valence-electron chi connectivity index (χ2n) is 3.98. The van der Waals surface area contributed by atoms with Crippen LogP contribution in [-0.4, -0.2) is 26.5 Å². The van der Waals surface area contributed by atoms with Crippen molar-refractivity contribution in [3.05, 3.63) is 30.4 Å². The first-order valence-corrected chi connectivity index (χ1v) is 5.97. The molecule has 0 saturated carbocycles. The third-order valence-corrected chi connectivity index (χ3v) is 2.38. The van der Waals surface area contributed by atoms with Crippen LogP contribution in [-0.2, 0) is 6.18 Å². The Morgan fingerprint density at radius 2 is 1.95 bits per heavy atom. The van der Waals surface area contributed by atoms with Gasteiger partial charge in [0.05, 0.1) is 11.9 Å². The molecule has 2 rings (SSSR count). The van der Waals surface area contributed by atoms with E-state index in [2.05, 4.69) is 25.3 Å². The fraction of sp³-hybridized carbons (Fsp3) is 0.333. The van der Waals surface area contributed by atoms with Crippen LogP contribution in [0.25, 0.3) is 11.4 Å². The van der Waals surface area contributed by atoms with Crippen molar-refractivity contribution in [2.75, 3.05) is 11.9 Å². The summed E-state index contributed by atoms with van der Waals surface area (Å²) in [4.78, 5) is 15.3. The highest BCUT2D eigenvalue weighted by atomic mass is 19.4. The van der Waals surface area contributed by atoms with Crippen LogP contribution in [0.5, 0.6) is 0 Å². The Morgan fingerprint density at radius 3 is 2.55 bits per heavy atom. The maximum atomic E-state index is 12.8. The maximum Gasteiger partial charge on any atom is 0.433 e. The van der Waals surface area contributed by atoms with Crippen molar-refractivity contribution in [2.24, 2.45) is 0 Å². The van der Waals surface area contributed by atoms with Crippen LogP contribution in [0.1, 0.15) is 19.0 Å². The van der Waals surface area contributed by atoms with Crippen molar-refractivity contribution >= 4 is 5.95 Å². The van der Waals surface area contributed by atoms with Crippen LogP contribution in [0.15, 0.2) is 24.7 Å². The predicted molar refractivity (Wildman–Crippen MR) is 66.8 cm³/mol. The van der Waals surface area contributed by atoms with Crippen LogP contribution < -0.4 is 5.32 Å². The molecular weight excluding hydrogens is 271 g/mol. The lowest BCUT2D eigenvalue weighted by atomic mass is 10.2. The molecule has 0 aromatic carbocycles. The van der Waals surface area contributed by atoms with E-state index >= 15 is 0 Å². The molecule has 0 saturated heterocycles. The lowest BCUT2D eigenvalue weighted by molar-refractivity contribution is -0.141. The van der Waals surface area contributed by atoms with E-state index in [1.54, 1.807) is 0 Å². The summed E-state index contributed by atoms with van der Waals surface area (Å²) in [5.74, 6) is -0.0673. The molecule has 2 heterocycles. The monoisotopic (exact) mass is 283 g/mol. The molecule has 0 atom stereocenters. The molecule has 0 aliphatic heterocycles. The second-order valence-corrected chi connectivity index (χ2v) is 3.98. The zero-order valence-electron chi connectivity index (χ0n) is 10.6. The van der Waals surface area contributed by atoms with Crippen molar-refractivity contribution in [2.45, 2.75) is 19.5 Å². The summed E-state index contributed by atoms with van der Waals surface area (Å²) < 4.78 is 38.5. The highest BCUT2D eigenvalue weighted by Gasteiger charge is 2.33. The smallest absolute Gasteiger partial charge is 0.354 e. The summed E-state index contributed by atoms with van der Waals surface area (Å²) in [6.45, 7) is 2.38. The predicted octanol–water partition coefficient (Wildman–Crippen LogP) is 2.77. The number of aromatic nitrogens is 4. The normalized spacial score (nSPS) is 11.4. The third-order valence-electron chi connectivity index (χ3n) is 2.38. The summed E-state index contributed by atoms with van der Waals surface area (Å²) in [5, 5.41) is 2.75. The Kier molecular flexibility index (Phi) is 4.11. The number of hydrogen-bond acceptors (Lipinski definition) is 5. The van der Waals surface area contributed by atoms with Gasteiger partial charge in [-0.25, -0.2) is 9.97 Å². The first-order chi connectivity index (χ1) is 9.50. The molecule has 106 valence electrons. The largest absolute Gasteiger partial charge is 0.433 e. The molecule has 0 fully saturated rings. The summed E-state index contributed by atoms with van der Waals surface area (Å²) in [6.07, 6.45) is 0.393. The minimum Gasteiger partial charge on any atom is -0.354 e. The summed E-state index contributed by atoms with van der Waals surface area (Å²) in [5.41, 5.74) is -0.661. The van der Waals surface area contributed by atoms with Gasteiger partial charge in [-0.3, -0.25) is 9.97 Å². The highest BCUT2D eigenvalue weighted by molar-refractivity contribution is 5.55. The molecule has 2 aromatic rings. The van der Waals surface area contributed by atoms with Gasteiger partial charge in [0, 0.05) is 18.9 Å². The summed E-state index contributed by atoms with van der Waals surface area (Å²) in [6, 6.07) is 0.862. The first kappa shape index (κ1) is 14.2. The van der Waals surface area contributed by atoms with Crippen LogP contribution in [0.3, 0.4) is 0 Å². The Morgan fingerprint density at radius 1 is 1.15 bits per heavy atom. The van der Waals surface area contributed by atoms with Gasteiger partial charge in [0.2, 0.25) is 5.95 Å². The van der Waals surface area contributed by atoms with Gasteiger partial charge in [-0.15, -0.1) is 0 Å². The van der Waals surface area contributed by atoms with E-state index in [1.807, 2.05) is 6.92 Å². The molecule has 8 heteroatoms. The molecule has 0 radical (unpaired) electrons. The number of alkyl halides is 3. The number of hydrogen-bond donors (Lipinski definition) is 1. The fourth-order valence-electron chi connectivity index (χ4n) is 1.47. The molecule has 2 aromatic heterocycles. The highest BCUT2D eigenvalue weighted by Crippen LogP contribution is 2.30. The molecule has 0 spiro atoms. The van der Waals surface area contributed by atoms with Gasteiger partial charge in [0.1, 0.15) is 5.69 Å². The van der Waals surface area contributed by atoms with Crippen LogP contribution >= 0.6 is 0 Å². The van der Waals surface area contributed by atoms with Crippen molar-refractivity contribution in [1.29, 1.82) is 0 Å². The van der Waals surface area contributed by atoms with E-state index in [9.17, 15) is 13.2 Å². The van der Waals surface area contributed by atoms with E-state index in [0.29, 0.717) is 6.54 Å². The standard InChI is InChI=1S/C12H12F3N5/c1-2-3-18-11-19-8(9-7-16-4-5-17-9)6-10(20-11)12(13,14)15/h4-7H,2-3H2,1H3,(H,18,19,20). The second kappa shape index (κ2) is 5.81. The molecule has 5 nitrogen and oxygen atoms in total. The van der Waals surface area contributed by atoms with Crippen molar-refractivity contribution in [3.8, 4) is 11.4 Å². The molecule has 0 unspecified atom stereocenters. The van der Waals surface area contributed by atoms with Gasteiger partial charge in [0.25, 0.3) is 0 Å². The van der Waals surface area contributed by atoms with E-state index in [-0.39, 0.29) is 17.3 Å². The van der Waals surface area contributed by atoms with E-state index in [4.69, 9.17) is 0 Å². The van der Waals surface area contributed by atoms with E-state index in [1.165, 1.54) is 18.6 Å². The van der Waals surface area contributed by atoms with Crippen molar-refractivity contribution in [1.82, 2.24) is 19.9 Å². The zero-order valence-corrected chi connectivity index (χ0v) is 10.6. The average Bonchev–Trinajstić information content (AvgIpc) is 2.45. The van der Waals surface area contributed by atoms with Gasteiger partial charge < -0.3 is 5.32 Å². The van der Waals surface area contributed by atoms with Crippen molar-refractivity contribution < 1.29 is 13.2 Å². The Balaban J connectivity index is 2.46. The third kappa shape index (κ3) is 3.40. The minimum absolute atomic E-state index is 0.0673. The molecular formula is C12H12F3N5. The molecule has 20 heavy (non-hydrogen) atoms. The van der Waals surface area contributed by atoms with E-state index < -0.39 is 11.9 Å². The van der Waals surface area contributed by atoms with Crippen LogP contribution in [0.2, 0.25) is 0 Å². The van der Waals surface area contributed by atoms with Gasteiger partial charge in [0.15, 0.2) is 5.69 Å². The molecule has 0 aliphatic rings. The minimum atomic E-state index is -4.54. The van der Waals surface area contributed by atoms with Gasteiger partial charge >= 0.3 is 6.18 Å². The summed E-state index contributed by atoms with van der Waals surface area (Å²) >= 11 is 0. The molecule has 0 aliphatic carbocycles. The lowest BCUT2D eigenvalue weighted by Gasteiger charge is -2.10. The van der Waals surface area contributed by atoms with E-state index in [0.717, 1.165) is 12.5 Å². The number of halogens is 3. The number of anilines is 1. The Labute approximate surface area is 113 Å². The van der Waals surface area contributed by atoms with Gasteiger partial charge in [-0.1, -0.05) is 6.92 Å². The lowest BCUT2D eigenvalue weighted by Crippen LogP contribution is -2.13. The van der Waals surface area contributed by atoms with Crippen LogP contribution in [0, 0.1) is 0 Å². The van der Waals surface area contributed by atoms with Gasteiger partial charge in [-0.05, 0) is 12.5 Å². The molecule has 1 N–H and O–H groups in total. The summed E-state index contributed by atoms with van der Waals surface area (Å²) in [7, 11) is 0. The average molecular weight is 283 g/mol. The first-order valence-electron chi connectivity index (χ1n) is 5.97. The number of nitrogens with zero attached hydrogens (tertiary/aromatic N) is 4. The number of rotatable bonds is 4. The topological polar surface area (TPSA) is 63.6 Å². The molecule has 0 amide bonds. The number of nitrogens with one attached hydrogen (secondary N) is 1. The Bertz CT molecular complexity index is 571. The zero-order chi connectivity index (χ0) is 14.6. The van der Waals surface area contributed by atoms with Gasteiger partial charge in [-0.2, -0.15) is 13.2 Å². The quantitative estimate of drug-likeness (QED) is 0.934. The van der Waals surface area contributed by atoms with Crippen molar-refractivity contribution in [3.63, 3.8) is 0 Å².